The summed E-state index contributed by atoms with van der Waals surface area (Å²) in [5, 5.41) is 8.49. The van der Waals surface area contributed by atoms with Crippen LogP contribution in [0.25, 0.3) is 22.4 Å². The number of aryl methyl sites for hydroxylation is 2. The summed E-state index contributed by atoms with van der Waals surface area (Å²) in [6.45, 7) is 1.90. The van der Waals surface area contributed by atoms with Crippen LogP contribution in [0.4, 0.5) is 5.69 Å². The lowest BCUT2D eigenvalue weighted by molar-refractivity contribution is 0.102. The third-order valence-corrected chi connectivity index (χ3v) is 4.94. The predicted octanol–water partition coefficient (Wildman–Crippen LogP) is 4.06. The number of benzene rings is 1. The number of pyridine rings is 1. The zero-order chi connectivity index (χ0) is 19.3. The van der Waals surface area contributed by atoms with E-state index in [-0.39, 0.29) is 11.6 Å². The zero-order valence-electron chi connectivity index (χ0n) is 15.6. The van der Waals surface area contributed by atoms with Crippen molar-refractivity contribution < 1.29 is 9.21 Å². The largest absolute Gasteiger partial charge is 0.444 e. The molecule has 5 rings (SSSR count). The Morgan fingerprint density at radius 3 is 2.93 bits per heavy atom. The van der Waals surface area contributed by atoms with Gasteiger partial charge in [-0.15, -0.1) is 0 Å². The number of hydrogen-bond donors (Lipinski definition) is 1. The van der Waals surface area contributed by atoms with E-state index in [9.17, 15) is 4.79 Å². The number of nitrogens with zero attached hydrogens (tertiary/aromatic N) is 4. The van der Waals surface area contributed by atoms with Crippen LogP contribution in [0, 0.1) is 6.92 Å². The zero-order valence-corrected chi connectivity index (χ0v) is 15.6. The van der Waals surface area contributed by atoms with Gasteiger partial charge in [0, 0.05) is 41.8 Å². The Bertz CT molecular complexity index is 1200. The van der Waals surface area contributed by atoms with Crippen molar-refractivity contribution in [1.29, 1.82) is 0 Å². The molecule has 1 amide bonds. The van der Waals surface area contributed by atoms with E-state index in [2.05, 4.69) is 26.4 Å². The number of fused-ring (bicyclic) bond motifs is 1. The number of anilines is 1. The molecule has 1 aliphatic rings. The Hall–Kier alpha value is -3.48. The number of amides is 1. The molecule has 1 saturated carbocycles. The second kappa shape index (κ2) is 6.30. The smallest absolute Gasteiger partial charge is 0.277 e. The molecule has 0 unspecified atom stereocenters. The third kappa shape index (κ3) is 3.05. The van der Waals surface area contributed by atoms with E-state index >= 15 is 0 Å². The van der Waals surface area contributed by atoms with E-state index in [0.29, 0.717) is 11.8 Å². The molecule has 0 atom stereocenters. The maximum atomic E-state index is 12.8. The molecule has 1 aromatic carbocycles. The lowest BCUT2D eigenvalue weighted by Gasteiger charge is -2.09. The van der Waals surface area contributed by atoms with Crippen LogP contribution in [0.5, 0.6) is 0 Å². The monoisotopic (exact) mass is 373 g/mol. The Morgan fingerprint density at radius 2 is 2.14 bits per heavy atom. The van der Waals surface area contributed by atoms with Crippen molar-refractivity contribution in [2.45, 2.75) is 25.7 Å². The van der Waals surface area contributed by atoms with Crippen molar-refractivity contribution in [3.05, 3.63) is 59.9 Å². The van der Waals surface area contributed by atoms with Gasteiger partial charge in [-0.25, -0.2) is 4.98 Å². The van der Waals surface area contributed by atoms with Crippen LogP contribution in [-0.4, -0.2) is 25.7 Å². The molecule has 0 spiro atoms. The number of hydrogen-bond acceptors (Lipinski definition) is 5. The number of carbonyl (C=O) groups excluding carboxylic acids is 1. The first-order chi connectivity index (χ1) is 13.6. The van der Waals surface area contributed by atoms with Gasteiger partial charge in [-0.2, -0.15) is 5.10 Å². The topological polar surface area (TPSA) is 85.8 Å². The Balaban J connectivity index is 1.45. The minimum absolute atomic E-state index is 0.248. The number of aromatic nitrogens is 4. The molecular formula is C21H19N5O2. The van der Waals surface area contributed by atoms with Gasteiger partial charge in [-0.3, -0.25) is 14.5 Å². The molecular weight excluding hydrogens is 354 g/mol. The van der Waals surface area contributed by atoms with Crippen molar-refractivity contribution in [1.82, 2.24) is 19.7 Å². The summed E-state index contributed by atoms with van der Waals surface area (Å²) in [4.78, 5) is 21.3. The lowest BCUT2D eigenvalue weighted by Crippen LogP contribution is -2.13. The second-order valence-corrected chi connectivity index (χ2v) is 7.25. The van der Waals surface area contributed by atoms with Gasteiger partial charge in [-0.1, -0.05) is 0 Å². The van der Waals surface area contributed by atoms with E-state index in [1.165, 1.54) is 6.26 Å². The quantitative estimate of drug-likeness (QED) is 0.583. The molecule has 28 heavy (non-hydrogen) atoms. The molecule has 140 valence electrons. The van der Waals surface area contributed by atoms with Crippen LogP contribution in [0.3, 0.4) is 0 Å². The summed E-state index contributed by atoms with van der Waals surface area (Å²) in [6.07, 6.45) is 7.30. The highest BCUT2D eigenvalue weighted by Crippen LogP contribution is 2.44. The summed E-state index contributed by atoms with van der Waals surface area (Å²) in [5.41, 5.74) is 4.80. The fourth-order valence-corrected chi connectivity index (χ4v) is 3.43. The highest BCUT2D eigenvalue weighted by Gasteiger charge is 2.28. The SMILES string of the molecule is Cc1cc(-c2nc(C(=O)Nc3cc4cn(C)nc4cc3C3CC3)co2)ccn1. The van der Waals surface area contributed by atoms with Gasteiger partial charge in [0.05, 0.1) is 5.52 Å². The first-order valence-corrected chi connectivity index (χ1v) is 9.24. The summed E-state index contributed by atoms with van der Waals surface area (Å²) < 4.78 is 7.30. The van der Waals surface area contributed by atoms with E-state index in [1.54, 1.807) is 10.9 Å². The molecule has 4 aromatic rings. The van der Waals surface area contributed by atoms with E-state index in [4.69, 9.17) is 4.42 Å². The third-order valence-electron chi connectivity index (χ3n) is 4.94. The van der Waals surface area contributed by atoms with Gasteiger partial charge in [-0.05, 0) is 55.5 Å². The summed E-state index contributed by atoms with van der Waals surface area (Å²) >= 11 is 0. The molecule has 7 nitrogen and oxygen atoms in total. The van der Waals surface area contributed by atoms with E-state index in [1.807, 2.05) is 38.4 Å². The summed E-state index contributed by atoms with van der Waals surface area (Å²) in [6, 6.07) is 7.74. The van der Waals surface area contributed by atoms with Gasteiger partial charge in [0.1, 0.15) is 6.26 Å². The van der Waals surface area contributed by atoms with Crippen LogP contribution in [0.1, 0.15) is 40.5 Å². The first kappa shape index (κ1) is 16.7. The van der Waals surface area contributed by atoms with Gasteiger partial charge >= 0.3 is 0 Å². The number of oxazole rings is 1. The van der Waals surface area contributed by atoms with Crippen molar-refractivity contribution in [3.63, 3.8) is 0 Å². The average Bonchev–Trinajstić information content (AvgIpc) is 3.26. The van der Waals surface area contributed by atoms with Crippen molar-refractivity contribution in [2.75, 3.05) is 5.32 Å². The highest BCUT2D eigenvalue weighted by molar-refractivity contribution is 6.04. The lowest BCUT2D eigenvalue weighted by atomic mass is 10.1. The predicted molar refractivity (Wildman–Crippen MR) is 105 cm³/mol. The Kier molecular flexibility index (Phi) is 3.75. The fourth-order valence-electron chi connectivity index (χ4n) is 3.43. The maximum Gasteiger partial charge on any atom is 0.277 e. The van der Waals surface area contributed by atoms with Crippen molar-refractivity contribution in [3.8, 4) is 11.5 Å². The van der Waals surface area contributed by atoms with Crippen LogP contribution in [0.2, 0.25) is 0 Å². The minimum atomic E-state index is -0.286. The van der Waals surface area contributed by atoms with E-state index < -0.39 is 0 Å². The molecule has 1 aliphatic carbocycles. The molecule has 3 heterocycles. The Morgan fingerprint density at radius 1 is 1.29 bits per heavy atom. The molecule has 0 saturated heterocycles. The standard InChI is InChI=1S/C21H19N5O2/c1-12-7-14(5-6-22-12)21-24-19(11-28-21)20(27)23-18-8-15-10-26(2)25-17(15)9-16(18)13-3-4-13/h5-11,13H,3-4H2,1-2H3,(H,23,27). The van der Waals surface area contributed by atoms with Gasteiger partial charge in [0.25, 0.3) is 5.91 Å². The van der Waals surface area contributed by atoms with E-state index in [0.717, 1.165) is 46.3 Å². The average molecular weight is 373 g/mol. The fraction of sp³-hybridized carbons (Fsp3) is 0.238. The molecule has 7 heteroatoms. The van der Waals surface area contributed by atoms with Gasteiger partial charge in [0.2, 0.25) is 5.89 Å². The second-order valence-electron chi connectivity index (χ2n) is 7.25. The number of rotatable bonds is 4. The Labute approximate surface area is 161 Å². The van der Waals surface area contributed by atoms with Gasteiger partial charge < -0.3 is 9.73 Å². The van der Waals surface area contributed by atoms with Crippen LogP contribution < -0.4 is 5.32 Å². The van der Waals surface area contributed by atoms with Crippen LogP contribution in [0.15, 0.2) is 47.3 Å². The summed E-state index contributed by atoms with van der Waals surface area (Å²) in [5.74, 6) is 0.598. The van der Waals surface area contributed by atoms with Gasteiger partial charge in [0.15, 0.2) is 5.69 Å². The molecule has 3 aromatic heterocycles. The van der Waals surface area contributed by atoms with Crippen LogP contribution >= 0.6 is 0 Å². The summed E-state index contributed by atoms with van der Waals surface area (Å²) in [7, 11) is 1.90. The first-order valence-electron chi connectivity index (χ1n) is 9.24. The van der Waals surface area contributed by atoms with Crippen molar-refractivity contribution in [2.24, 2.45) is 7.05 Å². The minimum Gasteiger partial charge on any atom is -0.444 e. The molecule has 0 bridgehead atoms. The molecule has 1 fully saturated rings. The number of carbonyl (C=O) groups is 1. The maximum absolute atomic E-state index is 12.8. The number of nitrogens with one attached hydrogen (secondary N) is 1. The van der Waals surface area contributed by atoms with Crippen LogP contribution in [-0.2, 0) is 7.05 Å². The molecule has 0 aliphatic heterocycles. The molecule has 0 radical (unpaired) electrons. The normalized spacial score (nSPS) is 13.8. The highest BCUT2D eigenvalue weighted by atomic mass is 16.3. The molecule has 1 N–H and O–H groups in total. The van der Waals surface area contributed by atoms with Crippen molar-refractivity contribution >= 4 is 22.5 Å².